The van der Waals surface area contributed by atoms with Crippen LogP contribution in [0, 0.1) is 0 Å². The monoisotopic (exact) mass is 366 g/mol. The van der Waals surface area contributed by atoms with Gasteiger partial charge in [0, 0.05) is 36.0 Å². The lowest BCUT2D eigenvalue weighted by molar-refractivity contribution is -0.924. The summed E-state index contributed by atoms with van der Waals surface area (Å²) in [5, 5.41) is 5.31. The predicted molar refractivity (Wildman–Crippen MR) is 96.9 cm³/mol. The van der Waals surface area contributed by atoms with Crippen molar-refractivity contribution < 1.29 is 19.2 Å². The average molecular weight is 367 g/mol. The summed E-state index contributed by atoms with van der Waals surface area (Å²) in [6.45, 7) is 7.26. The van der Waals surface area contributed by atoms with Crippen LogP contribution >= 0.6 is 11.3 Å². The molecule has 1 fully saturated rings. The van der Waals surface area contributed by atoms with Crippen LogP contribution in [0.2, 0.25) is 0 Å². The van der Waals surface area contributed by atoms with E-state index in [0.717, 1.165) is 25.8 Å². The predicted octanol–water partition coefficient (Wildman–Crippen LogP) is 0.987. The number of hydrogen-bond donors (Lipinski definition) is 2. The van der Waals surface area contributed by atoms with Gasteiger partial charge in [0.1, 0.15) is 6.04 Å². The quantitative estimate of drug-likeness (QED) is 0.835. The first kappa shape index (κ1) is 18.2. The molecule has 0 radical (unpaired) electrons. The van der Waals surface area contributed by atoms with Crippen LogP contribution in [0.5, 0.6) is 0 Å². The lowest BCUT2D eigenvalue weighted by Gasteiger charge is -2.33. The Balaban J connectivity index is 1.44. The minimum absolute atomic E-state index is 0.120. The van der Waals surface area contributed by atoms with Crippen LogP contribution in [0.15, 0.2) is 11.4 Å². The first-order valence-corrected chi connectivity index (χ1v) is 10.1. The molecule has 1 unspecified atom stereocenters. The molecule has 3 heterocycles. The van der Waals surface area contributed by atoms with Crippen molar-refractivity contribution in [2.24, 2.45) is 0 Å². The van der Waals surface area contributed by atoms with Crippen molar-refractivity contribution in [1.29, 1.82) is 0 Å². The molecule has 2 aliphatic rings. The fourth-order valence-electron chi connectivity index (χ4n) is 3.80. The number of thiophene rings is 1. The van der Waals surface area contributed by atoms with Crippen LogP contribution in [-0.2, 0) is 16.0 Å². The van der Waals surface area contributed by atoms with Crippen LogP contribution in [0.4, 0.5) is 4.79 Å². The Kier molecular flexibility index (Phi) is 5.96. The van der Waals surface area contributed by atoms with Crippen molar-refractivity contribution in [3.63, 3.8) is 0 Å². The Morgan fingerprint density at radius 1 is 1.40 bits per heavy atom. The molecule has 25 heavy (non-hydrogen) atoms. The van der Waals surface area contributed by atoms with E-state index in [-0.39, 0.29) is 18.0 Å². The maximum absolute atomic E-state index is 12.5. The number of fused-ring (bicyclic) bond motifs is 1. The molecule has 1 saturated heterocycles. The highest BCUT2D eigenvalue weighted by Gasteiger charge is 2.31. The molecule has 0 aliphatic carbocycles. The molecule has 7 heteroatoms. The first-order chi connectivity index (χ1) is 12.1. The van der Waals surface area contributed by atoms with Crippen LogP contribution in [0.3, 0.4) is 0 Å². The van der Waals surface area contributed by atoms with Crippen molar-refractivity contribution >= 4 is 23.3 Å². The Morgan fingerprint density at radius 2 is 2.16 bits per heavy atom. The standard InChI is InChI=1S/C18H27N3O3S/c1-3-24-18(23)20-8-4-14(5-9-20)19-17(22)12-21-10-6-16-15(13(21)2)7-11-25-16/h7,11,13-14H,3-6,8-10,12H2,1-2H3,(H,19,22)/p+1/t13-/m1/s1. The van der Waals surface area contributed by atoms with Gasteiger partial charge in [0.15, 0.2) is 6.54 Å². The van der Waals surface area contributed by atoms with Crippen LogP contribution in [0.1, 0.15) is 43.2 Å². The van der Waals surface area contributed by atoms with Crippen LogP contribution in [-0.4, -0.2) is 55.7 Å². The number of ether oxygens (including phenoxy) is 1. The number of carbonyl (C=O) groups excluding carboxylic acids is 2. The van der Waals surface area contributed by atoms with Gasteiger partial charge in [-0.1, -0.05) is 0 Å². The average Bonchev–Trinajstić information content (AvgIpc) is 3.08. The number of nitrogens with one attached hydrogen (secondary N) is 2. The molecule has 1 aromatic heterocycles. The summed E-state index contributed by atoms with van der Waals surface area (Å²) < 4.78 is 5.03. The zero-order valence-electron chi connectivity index (χ0n) is 15.0. The van der Waals surface area contributed by atoms with Gasteiger partial charge in [-0.15, -0.1) is 11.3 Å². The van der Waals surface area contributed by atoms with Gasteiger partial charge in [-0.25, -0.2) is 4.79 Å². The third kappa shape index (κ3) is 4.33. The SMILES string of the molecule is CCOC(=O)N1CCC(NC(=O)C[NH+]2CCc3sccc3[C@H]2C)CC1. The van der Waals surface area contributed by atoms with Crippen molar-refractivity contribution in [1.82, 2.24) is 10.2 Å². The zero-order valence-corrected chi connectivity index (χ0v) is 15.9. The second kappa shape index (κ2) is 8.19. The molecule has 2 atom stereocenters. The highest BCUT2D eigenvalue weighted by molar-refractivity contribution is 7.10. The summed E-state index contributed by atoms with van der Waals surface area (Å²) in [5.74, 6) is 0.120. The molecule has 0 aromatic carbocycles. The van der Waals surface area contributed by atoms with E-state index in [1.807, 2.05) is 18.3 Å². The number of amides is 2. The van der Waals surface area contributed by atoms with Gasteiger partial charge in [-0.05, 0) is 38.1 Å². The van der Waals surface area contributed by atoms with Crippen LogP contribution in [0.25, 0.3) is 0 Å². The Morgan fingerprint density at radius 3 is 2.88 bits per heavy atom. The largest absolute Gasteiger partial charge is 0.450 e. The first-order valence-electron chi connectivity index (χ1n) is 9.20. The van der Waals surface area contributed by atoms with E-state index < -0.39 is 0 Å². The highest BCUT2D eigenvalue weighted by Crippen LogP contribution is 2.24. The molecule has 0 bridgehead atoms. The molecule has 1 aromatic rings. The molecule has 2 N–H and O–H groups in total. The number of piperidine rings is 1. The van der Waals surface area contributed by atoms with Gasteiger partial charge < -0.3 is 19.9 Å². The zero-order chi connectivity index (χ0) is 17.8. The lowest BCUT2D eigenvalue weighted by Crippen LogP contribution is -3.14. The number of likely N-dealkylation sites (tertiary alicyclic amines) is 1. The molecule has 0 saturated carbocycles. The third-order valence-corrected chi connectivity index (χ3v) is 6.30. The van der Waals surface area contributed by atoms with Crippen molar-refractivity contribution in [3.8, 4) is 0 Å². The Bertz CT molecular complexity index is 610. The van der Waals surface area contributed by atoms with Gasteiger partial charge >= 0.3 is 6.09 Å². The van der Waals surface area contributed by atoms with Gasteiger partial charge in [-0.2, -0.15) is 0 Å². The minimum atomic E-state index is -0.245. The van der Waals surface area contributed by atoms with Crippen molar-refractivity contribution in [2.75, 3.05) is 32.8 Å². The summed E-state index contributed by atoms with van der Waals surface area (Å²) in [6, 6.07) is 2.74. The number of carbonyl (C=O) groups is 2. The maximum atomic E-state index is 12.5. The van der Waals surface area contributed by atoms with Gasteiger partial charge in [0.25, 0.3) is 5.91 Å². The Labute approximate surface area is 153 Å². The smallest absolute Gasteiger partial charge is 0.409 e. The molecule has 2 aliphatic heterocycles. The van der Waals surface area contributed by atoms with E-state index in [1.54, 1.807) is 4.90 Å². The molecule has 0 spiro atoms. The fourth-order valence-corrected chi connectivity index (χ4v) is 4.78. The molecule has 3 rings (SSSR count). The van der Waals surface area contributed by atoms with Gasteiger partial charge in [0.2, 0.25) is 0 Å². The normalized spacial score (nSPS) is 23.8. The van der Waals surface area contributed by atoms with E-state index in [9.17, 15) is 9.59 Å². The number of hydrogen-bond acceptors (Lipinski definition) is 4. The molecular weight excluding hydrogens is 338 g/mol. The summed E-state index contributed by atoms with van der Waals surface area (Å²) in [7, 11) is 0. The Hall–Kier alpha value is -1.60. The van der Waals surface area contributed by atoms with E-state index in [0.29, 0.717) is 32.3 Å². The molecule has 6 nitrogen and oxygen atoms in total. The topological polar surface area (TPSA) is 63.1 Å². The number of nitrogens with zero attached hydrogens (tertiary/aromatic N) is 1. The third-order valence-electron chi connectivity index (χ3n) is 5.31. The van der Waals surface area contributed by atoms with E-state index in [1.165, 1.54) is 15.3 Å². The summed E-state index contributed by atoms with van der Waals surface area (Å²) in [5.41, 5.74) is 1.40. The maximum Gasteiger partial charge on any atom is 0.409 e. The molecule has 138 valence electrons. The highest BCUT2D eigenvalue weighted by atomic mass is 32.1. The second-order valence-corrected chi connectivity index (χ2v) is 7.88. The number of rotatable bonds is 4. The van der Waals surface area contributed by atoms with E-state index in [2.05, 4.69) is 23.7 Å². The van der Waals surface area contributed by atoms with E-state index in [4.69, 9.17) is 4.74 Å². The van der Waals surface area contributed by atoms with Gasteiger partial charge in [-0.3, -0.25) is 4.79 Å². The summed E-state index contributed by atoms with van der Waals surface area (Å²) >= 11 is 1.83. The summed E-state index contributed by atoms with van der Waals surface area (Å²) in [4.78, 5) is 28.7. The molecule has 2 amide bonds. The second-order valence-electron chi connectivity index (χ2n) is 6.88. The lowest BCUT2D eigenvalue weighted by atomic mass is 10.0. The van der Waals surface area contributed by atoms with Crippen molar-refractivity contribution in [3.05, 3.63) is 21.9 Å². The van der Waals surface area contributed by atoms with Gasteiger partial charge in [0.05, 0.1) is 13.2 Å². The molecular formula is C18H28N3O3S+. The van der Waals surface area contributed by atoms with E-state index >= 15 is 0 Å². The fraction of sp³-hybridized carbons (Fsp3) is 0.667. The minimum Gasteiger partial charge on any atom is -0.450 e. The number of quaternary nitrogens is 1. The van der Waals surface area contributed by atoms with Crippen molar-refractivity contribution in [2.45, 2.75) is 45.2 Å². The summed E-state index contributed by atoms with van der Waals surface area (Å²) in [6.07, 6.45) is 2.41. The van der Waals surface area contributed by atoms with Crippen LogP contribution < -0.4 is 10.2 Å².